The Bertz CT molecular complexity index is 519. The van der Waals surface area contributed by atoms with Crippen molar-refractivity contribution in [1.82, 2.24) is 4.90 Å². The lowest BCUT2D eigenvalue weighted by atomic mass is 9.97. The van der Waals surface area contributed by atoms with Gasteiger partial charge < -0.3 is 15.3 Å². The summed E-state index contributed by atoms with van der Waals surface area (Å²) in [5.74, 6) is -1.13. The number of aliphatic carboxylic acids is 1. The van der Waals surface area contributed by atoms with Crippen molar-refractivity contribution in [1.29, 1.82) is 0 Å². The summed E-state index contributed by atoms with van der Waals surface area (Å²) < 4.78 is 0. The third kappa shape index (κ3) is 3.88. The molecule has 0 spiro atoms. The molecule has 1 aliphatic rings. The number of hydrogen-bond acceptors (Lipinski definition) is 3. The van der Waals surface area contributed by atoms with Crippen LogP contribution in [0.25, 0.3) is 0 Å². The maximum atomic E-state index is 12.1. The molecule has 1 aromatic carbocycles. The highest BCUT2D eigenvalue weighted by molar-refractivity contribution is 6.33. The molecule has 1 aliphatic heterocycles. The van der Waals surface area contributed by atoms with Crippen molar-refractivity contribution in [2.75, 3.05) is 25.0 Å². The number of carboxylic acids is 1. The smallest absolute Gasteiger partial charge is 0.306 e. The van der Waals surface area contributed by atoms with Crippen molar-refractivity contribution in [2.24, 2.45) is 5.92 Å². The van der Waals surface area contributed by atoms with Crippen LogP contribution in [0.15, 0.2) is 18.2 Å². The van der Waals surface area contributed by atoms with E-state index in [9.17, 15) is 9.59 Å². The highest BCUT2D eigenvalue weighted by Gasteiger charge is 2.26. The first kappa shape index (κ1) is 15.6. The number of carbonyl (C=O) groups excluding carboxylic acids is 1. The van der Waals surface area contributed by atoms with Crippen LogP contribution in [-0.4, -0.2) is 41.5 Å². The van der Waals surface area contributed by atoms with E-state index in [0.29, 0.717) is 31.0 Å². The Hall–Kier alpha value is -1.75. The second-order valence-electron chi connectivity index (χ2n) is 5.28. The van der Waals surface area contributed by atoms with E-state index in [1.54, 1.807) is 11.0 Å². The minimum atomic E-state index is -0.771. The Morgan fingerprint density at radius 3 is 2.62 bits per heavy atom. The number of carboxylic acid groups (broad SMARTS) is 1. The molecule has 1 heterocycles. The number of nitrogens with one attached hydrogen (secondary N) is 1. The average molecular weight is 311 g/mol. The van der Waals surface area contributed by atoms with Crippen LogP contribution in [0.5, 0.6) is 0 Å². The first-order valence-corrected chi connectivity index (χ1v) is 7.36. The Morgan fingerprint density at radius 2 is 2.05 bits per heavy atom. The highest BCUT2D eigenvalue weighted by Crippen LogP contribution is 2.25. The Morgan fingerprint density at radius 1 is 1.38 bits per heavy atom. The standard InChI is InChI=1S/C15H19ClN2O3/c1-10-3-2-4-12(16)14(10)17-9-13(19)18-7-5-11(6-8-18)15(20)21/h2-4,11,17H,5-9H2,1H3,(H,20,21). The fourth-order valence-electron chi connectivity index (χ4n) is 2.51. The van der Waals surface area contributed by atoms with Gasteiger partial charge in [0.05, 0.1) is 23.2 Å². The van der Waals surface area contributed by atoms with E-state index in [1.807, 2.05) is 19.1 Å². The predicted molar refractivity (Wildman–Crippen MR) is 81.6 cm³/mol. The van der Waals surface area contributed by atoms with E-state index in [0.717, 1.165) is 11.3 Å². The molecule has 0 aromatic heterocycles. The molecular weight excluding hydrogens is 292 g/mol. The minimum Gasteiger partial charge on any atom is -0.481 e. The van der Waals surface area contributed by atoms with Crippen LogP contribution >= 0.6 is 11.6 Å². The fourth-order valence-corrected chi connectivity index (χ4v) is 2.80. The molecule has 0 aliphatic carbocycles. The number of piperidine rings is 1. The lowest BCUT2D eigenvalue weighted by Gasteiger charge is -2.30. The number of nitrogens with zero attached hydrogens (tertiary/aromatic N) is 1. The van der Waals surface area contributed by atoms with Gasteiger partial charge in [0, 0.05) is 13.1 Å². The van der Waals surface area contributed by atoms with Gasteiger partial charge in [-0.3, -0.25) is 9.59 Å². The molecule has 0 bridgehead atoms. The van der Waals surface area contributed by atoms with E-state index in [1.165, 1.54) is 0 Å². The summed E-state index contributed by atoms with van der Waals surface area (Å²) in [6.45, 7) is 3.09. The summed E-state index contributed by atoms with van der Waals surface area (Å²) in [7, 11) is 0. The van der Waals surface area contributed by atoms with Crippen molar-refractivity contribution < 1.29 is 14.7 Å². The fraction of sp³-hybridized carbons (Fsp3) is 0.467. The average Bonchev–Trinajstić information content (AvgIpc) is 2.46. The third-order valence-electron chi connectivity index (χ3n) is 3.84. The quantitative estimate of drug-likeness (QED) is 0.896. The largest absolute Gasteiger partial charge is 0.481 e. The number of anilines is 1. The highest BCUT2D eigenvalue weighted by atomic mass is 35.5. The molecule has 21 heavy (non-hydrogen) atoms. The molecule has 1 amide bonds. The number of benzene rings is 1. The van der Waals surface area contributed by atoms with Crippen molar-refractivity contribution >= 4 is 29.2 Å². The molecule has 0 saturated carbocycles. The zero-order chi connectivity index (χ0) is 15.4. The van der Waals surface area contributed by atoms with Gasteiger partial charge in [0.25, 0.3) is 0 Å². The molecule has 1 saturated heterocycles. The molecule has 114 valence electrons. The van der Waals surface area contributed by atoms with Gasteiger partial charge in [0.15, 0.2) is 0 Å². The summed E-state index contributed by atoms with van der Waals surface area (Å²) in [6.07, 6.45) is 1.04. The zero-order valence-electron chi connectivity index (χ0n) is 11.9. The maximum Gasteiger partial charge on any atom is 0.306 e. The summed E-state index contributed by atoms with van der Waals surface area (Å²) in [5.41, 5.74) is 1.76. The molecule has 0 atom stereocenters. The van der Waals surface area contributed by atoms with Gasteiger partial charge in [-0.25, -0.2) is 0 Å². The van der Waals surface area contributed by atoms with Gasteiger partial charge in [-0.15, -0.1) is 0 Å². The summed E-state index contributed by atoms with van der Waals surface area (Å²) in [6, 6.07) is 5.57. The van der Waals surface area contributed by atoms with Crippen LogP contribution in [0.3, 0.4) is 0 Å². The van der Waals surface area contributed by atoms with E-state index in [4.69, 9.17) is 16.7 Å². The van der Waals surface area contributed by atoms with Gasteiger partial charge in [-0.1, -0.05) is 23.7 Å². The second kappa shape index (κ2) is 6.80. The Kier molecular flexibility index (Phi) is 5.07. The molecule has 1 fully saturated rings. The first-order chi connectivity index (χ1) is 9.99. The van der Waals surface area contributed by atoms with Crippen LogP contribution in [0.4, 0.5) is 5.69 Å². The summed E-state index contributed by atoms with van der Waals surface area (Å²) in [4.78, 5) is 24.7. The van der Waals surface area contributed by atoms with E-state index in [2.05, 4.69) is 5.32 Å². The Balaban J connectivity index is 1.87. The number of para-hydroxylation sites is 1. The van der Waals surface area contributed by atoms with Crippen molar-refractivity contribution in [2.45, 2.75) is 19.8 Å². The molecule has 2 N–H and O–H groups in total. The van der Waals surface area contributed by atoms with Crippen LogP contribution in [-0.2, 0) is 9.59 Å². The van der Waals surface area contributed by atoms with Crippen molar-refractivity contribution in [3.8, 4) is 0 Å². The van der Waals surface area contributed by atoms with Gasteiger partial charge in [0.1, 0.15) is 0 Å². The van der Waals surface area contributed by atoms with Crippen molar-refractivity contribution in [3.63, 3.8) is 0 Å². The summed E-state index contributed by atoms with van der Waals surface area (Å²) >= 11 is 6.10. The number of aryl methyl sites for hydroxylation is 1. The van der Waals surface area contributed by atoms with E-state index in [-0.39, 0.29) is 18.4 Å². The van der Waals surface area contributed by atoms with Gasteiger partial charge in [0.2, 0.25) is 5.91 Å². The lowest BCUT2D eigenvalue weighted by molar-refractivity contribution is -0.145. The summed E-state index contributed by atoms with van der Waals surface area (Å²) in [5, 5.41) is 12.6. The molecule has 0 radical (unpaired) electrons. The van der Waals surface area contributed by atoms with Gasteiger partial charge >= 0.3 is 5.97 Å². The topological polar surface area (TPSA) is 69.6 Å². The predicted octanol–water partition coefficient (Wildman–Crippen LogP) is 2.38. The van der Waals surface area contributed by atoms with Crippen LogP contribution < -0.4 is 5.32 Å². The number of rotatable bonds is 4. The van der Waals surface area contributed by atoms with E-state index >= 15 is 0 Å². The van der Waals surface area contributed by atoms with Crippen molar-refractivity contribution in [3.05, 3.63) is 28.8 Å². The SMILES string of the molecule is Cc1cccc(Cl)c1NCC(=O)N1CCC(C(=O)O)CC1. The second-order valence-corrected chi connectivity index (χ2v) is 5.69. The molecule has 0 unspecified atom stereocenters. The molecule has 5 nitrogen and oxygen atoms in total. The first-order valence-electron chi connectivity index (χ1n) is 6.98. The maximum absolute atomic E-state index is 12.1. The number of amides is 1. The number of likely N-dealkylation sites (tertiary alicyclic amines) is 1. The van der Waals surface area contributed by atoms with Crippen LogP contribution in [0.2, 0.25) is 5.02 Å². The monoisotopic (exact) mass is 310 g/mol. The third-order valence-corrected chi connectivity index (χ3v) is 4.15. The number of carbonyl (C=O) groups is 2. The molecule has 6 heteroatoms. The zero-order valence-corrected chi connectivity index (χ0v) is 12.7. The normalized spacial score (nSPS) is 15.8. The number of hydrogen-bond donors (Lipinski definition) is 2. The number of halogens is 1. The molecular formula is C15H19ClN2O3. The molecule has 2 rings (SSSR count). The van der Waals surface area contributed by atoms with Gasteiger partial charge in [-0.05, 0) is 31.4 Å². The van der Waals surface area contributed by atoms with Gasteiger partial charge in [-0.2, -0.15) is 0 Å². The Labute approximate surface area is 128 Å². The van der Waals surface area contributed by atoms with E-state index < -0.39 is 5.97 Å². The van der Waals surface area contributed by atoms with Crippen LogP contribution in [0.1, 0.15) is 18.4 Å². The molecule has 1 aromatic rings. The van der Waals surface area contributed by atoms with Crippen LogP contribution in [0, 0.1) is 12.8 Å². The minimum absolute atomic E-state index is 0.0295. The lowest BCUT2D eigenvalue weighted by Crippen LogP contribution is -2.42.